The van der Waals surface area contributed by atoms with Gasteiger partial charge in [-0.25, -0.2) is 9.50 Å². The topological polar surface area (TPSA) is 130 Å². The number of aromatic nitrogens is 7. The van der Waals surface area contributed by atoms with Crippen LogP contribution in [0.5, 0.6) is 0 Å². The summed E-state index contributed by atoms with van der Waals surface area (Å²) < 4.78 is 5.49. The number of anilines is 2. The van der Waals surface area contributed by atoms with Crippen molar-refractivity contribution in [2.45, 2.75) is 39.3 Å². The molecular formula is C28H34N10O2. The molecule has 0 bridgehead atoms. The quantitative estimate of drug-likeness (QED) is 0.273. The van der Waals surface area contributed by atoms with Crippen LogP contribution >= 0.6 is 0 Å². The molecule has 5 aromatic heterocycles. The van der Waals surface area contributed by atoms with Gasteiger partial charge in [0.05, 0.1) is 58.1 Å². The summed E-state index contributed by atoms with van der Waals surface area (Å²) in [4.78, 5) is 24.2. The van der Waals surface area contributed by atoms with Gasteiger partial charge in [0.15, 0.2) is 5.82 Å². The van der Waals surface area contributed by atoms with E-state index in [1.165, 1.54) is 12.8 Å². The van der Waals surface area contributed by atoms with Crippen LogP contribution in [-0.2, 0) is 20.7 Å². The van der Waals surface area contributed by atoms with Crippen LogP contribution in [0.1, 0.15) is 41.5 Å². The van der Waals surface area contributed by atoms with Crippen LogP contribution in [0.3, 0.4) is 0 Å². The molecule has 6 rings (SSSR count). The highest BCUT2D eigenvalue weighted by Gasteiger charge is 2.21. The first kappa shape index (κ1) is 26.0. The van der Waals surface area contributed by atoms with Crippen LogP contribution in [0.15, 0.2) is 36.9 Å². The SMILES string of the molecule is Cc1ncc(C(=O)NCCN2CCC[C@@H]2C)cc1Nc1nn(C)c2c1cnn1cc(-c3ncc(CO)n3C)cc21. The minimum atomic E-state index is -0.143. The fourth-order valence-electron chi connectivity index (χ4n) is 5.54. The molecule has 208 valence electrons. The van der Waals surface area contributed by atoms with Crippen molar-refractivity contribution in [1.29, 1.82) is 0 Å². The Kier molecular flexibility index (Phi) is 6.72. The third-order valence-electron chi connectivity index (χ3n) is 7.92. The molecular weight excluding hydrogens is 508 g/mol. The van der Waals surface area contributed by atoms with E-state index >= 15 is 0 Å². The van der Waals surface area contributed by atoms with E-state index in [0.717, 1.165) is 52.3 Å². The number of aryl methyl sites for hydroxylation is 2. The Morgan fingerprint density at radius 1 is 1.18 bits per heavy atom. The van der Waals surface area contributed by atoms with Gasteiger partial charge in [0.25, 0.3) is 5.91 Å². The molecule has 1 aliphatic heterocycles. The maximum absolute atomic E-state index is 12.9. The molecule has 6 heterocycles. The minimum Gasteiger partial charge on any atom is -0.390 e. The first-order chi connectivity index (χ1) is 19.3. The molecule has 3 N–H and O–H groups in total. The van der Waals surface area contributed by atoms with E-state index in [1.54, 1.807) is 23.1 Å². The lowest BCUT2D eigenvalue weighted by molar-refractivity contribution is 0.0947. The van der Waals surface area contributed by atoms with Crippen molar-refractivity contribution in [3.63, 3.8) is 0 Å². The van der Waals surface area contributed by atoms with Crippen LogP contribution in [0.25, 0.3) is 27.8 Å². The van der Waals surface area contributed by atoms with Gasteiger partial charge in [-0.05, 0) is 45.4 Å². The fraction of sp³-hybridized carbons (Fsp3) is 0.393. The standard InChI is InChI=1S/C28H34N10O2/c1-17-6-5-8-37(17)9-7-29-28(40)19-10-23(18(2)30-12-19)33-26-22-14-32-38-15-20(11-24(38)25(22)36(4)34-26)27-31-13-21(16-39)35(27)3/h10-15,17,39H,5-9,16H2,1-4H3,(H,29,40)(H,33,34)/t17-/m0/s1. The summed E-state index contributed by atoms with van der Waals surface area (Å²) in [6.07, 6.45) is 9.41. The smallest absolute Gasteiger partial charge is 0.252 e. The predicted octanol–water partition coefficient (Wildman–Crippen LogP) is 2.77. The Morgan fingerprint density at radius 2 is 2.02 bits per heavy atom. The highest BCUT2D eigenvalue weighted by Crippen LogP contribution is 2.31. The van der Waals surface area contributed by atoms with E-state index < -0.39 is 0 Å². The number of carbonyl (C=O) groups excluding carboxylic acids is 1. The van der Waals surface area contributed by atoms with Crippen molar-refractivity contribution in [1.82, 2.24) is 44.1 Å². The first-order valence-corrected chi connectivity index (χ1v) is 13.6. The number of rotatable bonds is 8. The van der Waals surface area contributed by atoms with E-state index in [4.69, 9.17) is 5.10 Å². The van der Waals surface area contributed by atoms with E-state index in [-0.39, 0.29) is 12.5 Å². The normalized spacial score (nSPS) is 15.9. The zero-order chi connectivity index (χ0) is 28.0. The van der Waals surface area contributed by atoms with Crippen molar-refractivity contribution in [3.05, 3.63) is 53.9 Å². The number of amides is 1. The molecule has 1 atom stereocenters. The second-order valence-corrected chi connectivity index (χ2v) is 10.5. The number of nitrogens with one attached hydrogen (secondary N) is 2. The summed E-state index contributed by atoms with van der Waals surface area (Å²) in [6.45, 7) is 6.60. The Bertz CT molecular complexity index is 1720. The predicted molar refractivity (Wildman–Crippen MR) is 152 cm³/mol. The highest BCUT2D eigenvalue weighted by molar-refractivity contribution is 6.01. The number of likely N-dealkylation sites (tertiary alicyclic amines) is 1. The first-order valence-electron chi connectivity index (χ1n) is 13.6. The number of hydrogen-bond donors (Lipinski definition) is 3. The van der Waals surface area contributed by atoms with Gasteiger partial charge in [-0.15, -0.1) is 0 Å². The molecule has 0 aromatic carbocycles. The lowest BCUT2D eigenvalue weighted by atomic mass is 10.2. The number of hydrogen-bond acceptors (Lipinski definition) is 8. The third kappa shape index (κ3) is 4.58. The largest absolute Gasteiger partial charge is 0.390 e. The van der Waals surface area contributed by atoms with Crippen LogP contribution < -0.4 is 10.6 Å². The number of nitrogens with zero attached hydrogens (tertiary/aromatic N) is 8. The maximum Gasteiger partial charge on any atom is 0.252 e. The Labute approximate surface area is 231 Å². The lowest BCUT2D eigenvalue weighted by Crippen LogP contribution is -2.36. The minimum absolute atomic E-state index is 0.0782. The average Bonchev–Trinajstić information content (AvgIpc) is 3.71. The van der Waals surface area contributed by atoms with E-state index in [9.17, 15) is 9.90 Å². The molecule has 0 aliphatic carbocycles. The monoisotopic (exact) mass is 542 g/mol. The fourth-order valence-corrected chi connectivity index (χ4v) is 5.54. The van der Waals surface area contributed by atoms with Crippen LogP contribution in [0.4, 0.5) is 11.5 Å². The number of aliphatic hydroxyl groups excluding tert-OH is 1. The van der Waals surface area contributed by atoms with Crippen LogP contribution in [0, 0.1) is 6.92 Å². The number of aliphatic hydroxyl groups is 1. The van der Waals surface area contributed by atoms with Crippen molar-refractivity contribution >= 4 is 33.8 Å². The van der Waals surface area contributed by atoms with E-state index in [2.05, 4.69) is 37.5 Å². The van der Waals surface area contributed by atoms with Gasteiger partial charge in [-0.3, -0.25) is 19.4 Å². The second-order valence-electron chi connectivity index (χ2n) is 10.5. The van der Waals surface area contributed by atoms with Crippen molar-refractivity contribution in [3.8, 4) is 11.4 Å². The summed E-state index contributed by atoms with van der Waals surface area (Å²) in [5.74, 6) is 1.23. The molecule has 1 amide bonds. The maximum atomic E-state index is 12.9. The summed E-state index contributed by atoms with van der Waals surface area (Å²) in [6, 6.07) is 4.41. The third-order valence-corrected chi connectivity index (χ3v) is 7.92. The number of imidazole rings is 1. The van der Waals surface area contributed by atoms with Gasteiger partial charge >= 0.3 is 0 Å². The zero-order valence-electron chi connectivity index (χ0n) is 23.2. The van der Waals surface area contributed by atoms with Gasteiger partial charge in [0, 0.05) is 51.2 Å². The van der Waals surface area contributed by atoms with Gasteiger partial charge in [0.2, 0.25) is 0 Å². The highest BCUT2D eigenvalue weighted by atomic mass is 16.3. The Morgan fingerprint density at radius 3 is 2.77 bits per heavy atom. The molecule has 5 aromatic rings. The summed E-state index contributed by atoms with van der Waals surface area (Å²) >= 11 is 0. The van der Waals surface area contributed by atoms with Crippen LogP contribution in [-0.4, -0.2) is 75.5 Å². The number of carbonyl (C=O) groups is 1. The number of pyridine rings is 1. The molecule has 0 spiro atoms. The van der Waals surface area contributed by atoms with Crippen LogP contribution in [0.2, 0.25) is 0 Å². The van der Waals surface area contributed by atoms with E-state index in [1.807, 2.05) is 48.6 Å². The average molecular weight is 543 g/mol. The van der Waals surface area contributed by atoms with Gasteiger partial charge in [-0.1, -0.05) is 0 Å². The Balaban J connectivity index is 1.25. The lowest BCUT2D eigenvalue weighted by Gasteiger charge is -2.20. The molecule has 1 fully saturated rings. The number of fused-ring (bicyclic) bond motifs is 3. The second kappa shape index (κ2) is 10.4. The van der Waals surface area contributed by atoms with Gasteiger partial charge in [0.1, 0.15) is 5.82 Å². The van der Waals surface area contributed by atoms with Gasteiger partial charge < -0.3 is 20.3 Å². The van der Waals surface area contributed by atoms with Gasteiger partial charge in [-0.2, -0.15) is 10.2 Å². The molecule has 0 radical (unpaired) electrons. The van der Waals surface area contributed by atoms with Crippen molar-refractivity contribution in [2.24, 2.45) is 14.1 Å². The van der Waals surface area contributed by atoms with Crippen molar-refractivity contribution < 1.29 is 9.90 Å². The molecule has 1 aliphatic rings. The zero-order valence-corrected chi connectivity index (χ0v) is 23.2. The van der Waals surface area contributed by atoms with Crippen molar-refractivity contribution in [2.75, 3.05) is 25.0 Å². The molecule has 0 unspecified atom stereocenters. The molecule has 12 nitrogen and oxygen atoms in total. The molecule has 0 saturated carbocycles. The Hall–Kier alpha value is -4.29. The molecule has 1 saturated heterocycles. The van der Waals surface area contributed by atoms with E-state index in [0.29, 0.717) is 29.7 Å². The summed E-state index contributed by atoms with van der Waals surface area (Å²) in [7, 11) is 3.77. The summed E-state index contributed by atoms with van der Waals surface area (Å²) in [5.41, 5.74) is 5.36. The molecule has 12 heteroatoms. The summed E-state index contributed by atoms with van der Waals surface area (Å²) in [5, 5.41) is 26.2. The molecule has 40 heavy (non-hydrogen) atoms.